The maximum atomic E-state index is 13.9. The van der Waals surface area contributed by atoms with Crippen LogP contribution in [0.25, 0.3) is 6.08 Å². The van der Waals surface area contributed by atoms with Gasteiger partial charge in [-0.3, -0.25) is 19.5 Å². The number of ether oxygens (including phenoxy) is 2. The quantitative estimate of drug-likeness (QED) is 0.116. The molecule has 3 heterocycles. The first-order valence-corrected chi connectivity index (χ1v) is 14.9. The molecule has 0 saturated carbocycles. The zero-order valence-corrected chi connectivity index (χ0v) is 25.7. The van der Waals surface area contributed by atoms with Gasteiger partial charge in [-0.05, 0) is 67.6 Å². The van der Waals surface area contributed by atoms with E-state index in [-0.39, 0.29) is 22.4 Å². The number of fused-ring (bicyclic) bond motifs is 1. The Kier molecular flexibility index (Phi) is 8.66. The van der Waals surface area contributed by atoms with Crippen molar-refractivity contribution in [2.45, 2.75) is 29.9 Å². The van der Waals surface area contributed by atoms with Crippen molar-refractivity contribution < 1.29 is 19.2 Å². The van der Waals surface area contributed by atoms with Crippen LogP contribution in [0.2, 0.25) is 0 Å². The number of carbonyl (C=O) groups is 1. The molecule has 0 bridgehead atoms. The molecule has 2 aromatic carbocycles. The fourth-order valence-corrected chi connectivity index (χ4v) is 6.67. The second-order valence-corrected chi connectivity index (χ2v) is 11.7. The van der Waals surface area contributed by atoms with Crippen LogP contribution in [0.5, 0.6) is 5.75 Å². The standard InChI is InChI=1S/C28H22BrN5O6S2/c1-4-40-26(36)23-15(2)32-28-33(24(23)18-14-17(29)7-8-20(18)39-3)25(35)22(42-28)13-16-6-9-21(19(12-16)34(37)38)41-27-30-10-5-11-31-27/h5-14,24H,4H2,1-3H3/b22-13-/t24-/m1/s1. The molecule has 1 aliphatic heterocycles. The zero-order chi connectivity index (χ0) is 30.0. The number of hydrogen-bond donors (Lipinski definition) is 0. The van der Waals surface area contributed by atoms with Crippen molar-refractivity contribution in [2.24, 2.45) is 4.99 Å². The second-order valence-electron chi connectivity index (χ2n) is 8.81. The Balaban J connectivity index is 1.67. The minimum atomic E-state index is -0.881. The number of hydrogen-bond acceptors (Lipinski definition) is 11. The van der Waals surface area contributed by atoms with Crippen LogP contribution >= 0.6 is 39.0 Å². The van der Waals surface area contributed by atoms with Gasteiger partial charge in [0, 0.05) is 28.5 Å². The predicted molar refractivity (Wildman–Crippen MR) is 160 cm³/mol. The minimum Gasteiger partial charge on any atom is -0.496 e. The Bertz CT molecular complexity index is 1920. The van der Waals surface area contributed by atoms with Crippen molar-refractivity contribution in [3.05, 3.63) is 112 Å². The number of aromatic nitrogens is 3. The topological polar surface area (TPSA) is 139 Å². The van der Waals surface area contributed by atoms with Crippen LogP contribution in [0.4, 0.5) is 5.69 Å². The van der Waals surface area contributed by atoms with E-state index in [2.05, 4.69) is 30.9 Å². The normalized spacial score (nSPS) is 14.8. The van der Waals surface area contributed by atoms with Crippen molar-refractivity contribution in [3.63, 3.8) is 0 Å². The fourth-order valence-electron chi connectivity index (χ4n) is 4.45. The van der Waals surface area contributed by atoms with E-state index in [1.54, 1.807) is 68.7 Å². The van der Waals surface area contributed by atoms with E-state index < -0.39 is 22.5 Å². The van der Waals surface area contributed by atoms with Crippen LogP contribution in [0.3, 0.4) is 0 Å². The van der Waals surface area contributed by atoms with Crippen LogP contribution in [-0.4, -0.2) is 39.1 Å². The number of methoxy groups -OCH3 is 1. The number of rotatable bonds is 8. The molecule has 0 saturated heterocycles. The van der Waals surface area contributed by atoms with Gasteiger partial charge in [-0.2, -0.15) is 0 Å². The Morgan fingerprint density at radius 1 is 1.24 bits per heavy atom. The van der Waals surface area contributed by atoms with Crippen molar-refractivity contribution in [1.29, 1.82) is 0 Å². The van der Waals surface area contributed by atoms with Crippen LogP contribution in [0, 0.1) is 10.1 Å². The lowest BCUT2D eigenvalue weighted by molar-refractivity contribution is -0.387. The average Bonchev–Trinajstić information content (AvgIpc) is 3.27. The molecule has 42 heavy (non-hydrogen) atoms. The predicted octanol–water partition coefficient (Wildman–Crippen LogP) is 4.42. The van der Waals surface area contributed by atoms with Gasteiger partial charge >= 0.3 is 5.97 Å². The van der Waals surface area contributed by atoms with Crippen molar-refractivity contribution in [1.82, 2.24) is 14.5 Å². The summed E-state index contributed by atoms with van der Waals surface area (Å²) in [6.07, 6.45) is 4.69. The van der Waals surface area contributed by atoms with Crippen molar-refractivity contribution in [3.8, 4) is 5.75 Å². The first-order valence-electron chi connectivity index (χ1n) is 12.5. The third kappa shape index (κ3) is 5.78. The maximum absolute atomic E-state index is 13.9. The zero-order valence-electron chi connectivity index (χ0n) is 22.4. The Labute approximate surface area is 255 Å². The third-order valence-electron chi connectivity index (χ3n) is 6.22. The van der Waals surface area contributed by atoms with Crippen LogP contribution in [-0.2, 0) is 9.53 Å². The highest BCUT2D eigenvalue weighted by molar-refractivity contribution is 9.10. The monoisotopic (exact) mass is 667 g/mol. The van der Waals surface area contributed by atoms with Gasteiger partial charge in [0.15, 0.2) is 9.96 Å². The Hall–Kier alpha value is -4.14. The number of nitro groups is 1. The van der Waals surface area contributed by atoms with Crippen LogP contribution in [0.15, 0.2) is 90.4 Å². The van der Waals surface area contributed by atoms with Crippen molar-refractivity contribution >= 4 is 56.8 Å². The van der Waals surface area contributed by atoms with Gasteiger partial charge in [0.2, 0.25) is 0 Å². The number of benzene rings is 2. The van der Waals surface area contributed by atoms with E-state index in [4.69, 9.17) is 9.47 Å². The second kappa shape index (κ2) is 12.4. The van der Waals surface area contributed by atoms with Crippen LogP contribution < -0.4 is 19.6 Å². The number of halogens is 1. The van der Waals surface area contributed by atoms with E-state index in [0.717, 1.165) is 27.6 Å². The third-order valence-corrected chi connectivity index (χ3v) is 8.66. The number of carbonyl (C=O) groups excluding carboxylic acids is 1. The molecule has 5 rings (SSSR count). The van der Waals surface area contributed by atoms with Gasteiger partial charge in [-0.1, -0.05) is 33.3 Å². The molecule has 1 aliphatic rings. The maximum Gasteiger partial charge on any atom is 0.338 e. The lowest BCUT2D eigenvalue weighted by atomic mass is 9.95. The first-order chi connectivity index (χ1) is 20.2. The summed E-state index contributed by atoms with van der Waals surface area (Å²) in [7, 11) is 1.51. The summed E-state index contributed by atoms with van der Waals surface area (Å²) in [5.74, 6) is -0.119. The lowest BCUT2D eigenvalue weighted by Gasteiger charge is -2.26. The van der Waals surface area contributed by atoms with Gasteiger partial charge < -0.3 is 9.47 Å². The van der Waals surface area contributed by atoms with Gasteiger partial charge in [0.1, 0.15) is 11.8 Å². The van der Waals surface area contributed by atoms with Gasteiger partial charge in [0.25, 0.3) is 11.2 Å². The molecule has 0 amide bonds. The number of nitro benzene ring substituents is 1. The Morgan fingerprint density at radius 2 is 2.00 bits per heavy atom. The highest BCUT2D eigenvalue weighted by Gasteiger charge is 2.35. The number of thiazole rings is 1. The average molecular weight is 669 g/mol. The van der Waals surface area contributed by atoms with E-state index in [9.17, 15) is 19.7 Å². The largest absolute Gasteiger partial charge is 0.496 e. The number of nitrogens with zero attached hydrogens (tertiary/aromatic N) is 5. The molecule has 14 heteroatoms. The molecular formula is C28H22BrN5O6S2. The minimum absolute atomic E-state index is 0.145. The van der Waals surface area contributed by atoms with E-state index in [1.165, 1.54) is 17.7 Å². The summed E-state index contributed by atoms with van der Waals surface area (Å²) in [4.78, 5) is 52.1. The van der Waals surface area contributed by atoms with Gasteiger partial charge in [-0.25, -0.2) is 19.8 Å². The molecule has 1 atom stereocenters. The highest BCUT2D eigenvalue weighted by atomic mass is 79.9. The molecule has 0 unspecified atom stereocenters. The SMILES string of the molecule is CCOC(=O)C1=C(C)N=c2s/c(=C\c3ccc(Sc4ncccn4)c([N+](=O)[O-])c3)c(=O)n2[C@@H]1c1cc(Br)ccc1OC. The summed E-state index contributed by atoms with van der Waals surface area (Å²) >= 11 is 5.67. The molecular weight excluding hydrogens is 646 g/mol. The number of allylic oxidation sites excluding steroid dienone is 1. The summed E-state index contributed by atoms with van der Waals surface area (Å²) in [6.45, 7) is 3.54. The smallest absolute Gasteiger partial charge is 0.338 e. The molecule has 11 nitrogen and oxygen atoms in total. The van der Waals surface area contributed by atoms with E-state index in [0.29, 0.717) is 37.4 Å². The summed E-state index contributed by atoms with van der Waals surface area (Å²) in [5, 5.41) is 12.3. The van der Waals surface area contributed by atoms with Gasteiger partial charge in [0.05, 0.1) is 39.3 Å². The first kappa shape index (κ1) is 29.4. The van der Waals surface area contributed by atoms with E-state index in [1.807, 2.05) is 0 Å². The summed E-state index contributed by atoms with van der Waals surface area (Å²) in [5.41, 5.74) is 1.08. The molecule has 0 radical (unpaired) electrons. The molecule has 2 aromatic heterocycles. The fraction of sp³-hybridized carbons (Fsp3) is 0.179. The molecule has 0 fully saturated rings. The molecule has 0 spiro atoms. The van der Waals surface area contributed by atoms with Gasteiger partial charge in [-0.15, -0.1) is 0 Å². The van der Waals surface area contributed by atoms with Crippen molar-refractivity contribution in [2.75, 3.05) is 13.7 Å². The van der Waals surface area contributed by atoms with Crippen LogP contribution in [0.1, 0.15) is 31.0 Å². The Morgan fingerprint density at radius 3 is 2.69 bits per heavy atom. The highest BCUT2D eigenvalue weighted by Crippen LogP contribution is 2.37. The molecule has 0 aliphatic carbocycles. The summed E-state index contributed by atoms with van der Waals surface area (Å²) in [6, 6.07) is 10.8. The molecule has 214 valence electrons. The molecule has 0 N–H and O–H groups in total. The van der Waals surface area contributed by atoms with E-state index >= 15 is 0 Å². The molecule has 4 aromatic rings. The number of esters is 1. The summed E-state index contributed by atoms with van der Waals surface area (Å²) < 4.78 is 13.4. The lowest BCUT2D eigenvalue weighted by Crippen LogP contribution is -2.40.